The molecule has 2 unspecified atom stereocenters. The summed E-state index contributed by atoms with van der Waals surface area (Å²) >= 11 is 0. The molecule has 1 aromatic carbocycles. The SMILES string of the molecule is CNc1cc(F)c(F)c2c1[nH]c1ncc(-c3ccc4ccc(C(=O)O)c(=O)n4c3)c(N3CC4C(N(C)C)CO[C@@H]4C3)c12. The van der Waals surface area contributed by atoms with Crippen LogP contribution in [-0.2, 0) is 4.74 Å². The number of rotatable bonds is 5. The molecule has 6 heterocycles. The van der Waals surface area contributed by atoms with Gasteiger partial charge in [-0.05, 0) is 32.3 Å². The van der Waals surface area contributed by atoms with Gasteiger partial charge in [0.05, 0.1) is 40.4 Å². The summed E-state index contributed by atoms with van der Waals surface area (Å²) < 4.78 is 38.0. The second-order valence-electron chi connectivity index (χ2n) is 11.1. The number of likely N-dealkylation sites (N-methyl/N-ethyl adjacent to an activating group) is 1. The number of fused-ring (bicyclic) bond motifs is 5. The van der Waals surface area contributed by atoms with Crippen molar-refractivity contribution in [3.05, 3.63) is 70.3 Å². The Kier molecular flexibility index (Phi) is 5.96. The lowest BCUT2D eigenvalue weighted by Gasteiger charge is -2.27. The van der Waals surface area contributed by atoms with E-state index >= 15 is 4.39 Å². The maximum Gasteiger partial charge on any atom is 0.341 e. The van der Waals surface area contributed by atoms with Gasteiger partial charge in [0.15, 0.2) is 11.6 Å². The fourth-order valence-corrected chi connectivity index (χ4v) is 6.60. The van der Waals surface area contributed by atoms with Crippen LogP contribution >= 0.6 is 0 Å². The highest BCUT2D eigenvalue weighted by Crippen LogP contribution is 2.45. The molecule has 0 amide bonds. The number of aromatic amines is 1. The Morgan fingerprint density at radius 2 is 1.98 bits per heavy atom. The summed E-state index contributed by atoms with van der Waals surface area (Å²) in [5.74, 6) is -3.11. The lowest BCUT2D eigenvalue weighted by atomic mass is 9.99. The number of carboxylic acids is 1. The quantitative estimate of drug-likeness (QED) is 0.291. The van der Waals surface area contributed by atoms with E-state index < -0.39 is 23.2 Å². The van der Waals surface area contributed by atoms with Crippen LogP contribution in [0.4, 0.5) is 20.2 Å². The first-order valence-corrected chi connectivity index (χ1v) is 13.6. The van der Waals surface area contributed by atoms with Crippen LogP contribution in [-0.4, -0.2) is 83.3 Å². The van der Waals surface area contributed by atoms with Gasteiger partial charge in [-0.3, -0.25) is 9.20 Å². The summed E-state index contributed by atoms with van der Waals surface area (Å²) in [6.07, 6.45) is 3.16. The molecule has 3 N–H and O–H groups in total. The third-order valence-corrected chi connectivity index (χ3v) is 8.69. The van der Waals surface area contributed by atoms with Crippen molar-refractivity contribution < 1.29 is 23.4 Å². The van der Waals surface area contributed by atoms with E-state index in [1.807, 2.05) is 20.2 Å². The smallest absolute Gasteiger partial charge is 0.341 e. The number of H-pyrrole nitrogens is 1. The van der Waals surface area contributed by atoms with Gasteiger partial charge >= 0.3 is 5.97 Å². The first kappa shape index (κ1) is 26.4. The molecule has 42 heavy (non-hydrogen) atoms. The molecule has 5 aromatic rings. The number of nitrogens with zero attached hydrogens (tertiary/aromatic N) is 4. The van der Waals surface area contributed by atoms with Crippen molar-refractivity contribution in [2.24, 2.45) is 5.92 Å². The first-order chi connectivity index (χ1) is 20.2. The normalized spacial score (nSPS) is 20.3. The number of carboxylic acid groups (broad SMARTS) is 1. The molecule has 0 aliphatic carbocycles. The lowest BCUT2D eigenvalue weighted by Crippen LogP contribution is -2.37. The van der Waals surface area contributed by atoms with Gasteiger partial charge < -0.3 is 29.9 Å². The number of nitrogens with one attached hydrogen (secondary N) is 2. The number of hydrogen-bond donors (Lipinski definition) is 3. The van der Waals surface area contributed by atoms with E-state index in [4.69, 9.17) is 4.74 Å². The molecule has 0 radical (unpaired) electrons. The van der Waals surface area contributed by atoms with Crippen LogP contribution in [0.15, 0.2) is 47.5 Å². The Balaban J connectivity index is 1.52. The van der Waals surface area contributed by atoms with E-state index in [2.05, 4.69) is 25.1 Å². The summed E-state index contributed by atoms with van der Waals surface area (Å²) in [6, 6.07) is 7.68. The van der Waals surface area contributed by atoms with Crippen molar-refractivity contribution in [3.8, 4) is 11.1 Å². The average Bonchev–Trinajstić information content (AvgIpc) is 3.67. The Hall–Kier alpha value is -4.55. The highest BCUT2D eigenvalue weighted by molar-refractivity contribution is 6.18. The summed E-state index contributed by atoms with van der Waals surface area (Å²) in [7, 11) is 5.67. The molecule has 12 heteroatoms. The number of anilines is 2. The molecule has 0 spiro atoms. The van der Waals surface area contributed by atoms with Crippen molar-refractivity contribution in [1.82, 2.24) is 19.3 Å². The predicted molar refractivity (Wildman–Crippen MR) is 156 cm³/mol. The third kappa shape index (κ3) is 3.78. The average molecular weight is 575 g/mol. The standard InChI is InChI=1S/C30H28F2N6O4/c1-33-20-8-19(31)25(32)23-24-27(37-11-18-21(36(2)3)13-42-22(18)12-37)17(9-34-28(24)35-26(20)23)14-4-5-15-6-7-16(30(40)41)29(39)38(15)10-14/h4-10,18,21-22,33H,11-13H2,1-3H3,(H,34,35)(H,40,41)/t18?,21?,22-/m1/s1. The number of benzene rings is 1. The topological polar surface area (TPSA) is 115 Å². The van der Waals surface area contributed by atoms with Crippen LogP contribution in [0, 0.1) is 17.6 Å². The lowest BCUT2D eigenvalue weighted by molar-refractivity contribution is 0.0694. The van der Waals surface area contributed by atoms with E-state index in [0.717, 1.165) is 6.07 Å². The van der Waals surface area contributed by atoms with Gasteiger partial charge in [0.25, 0.3) is 5.56 Å². The van der Waals surface area contributed by atoms with Gasteiger partial charge in [-0.2, -0.15) is 0 Å². The summed E-state index contributed by atoms with van der Waals surface area (Å²) in [4.78, 5) is 36.8. The Morgan fingerprint density at radius 3 is 2.71 bits per heavy atom. The van der Waals surface area contributed by atoms with E-state index in [1.165, 1.54) is 10.5 Å². The second kappa shape index (κ2) is 9.50. The summed E-state index contributed by atoms with van der Waals surface area (Å²) in [6.45, 7) is 1.76. The molecular weight excluding hydrogens is 546 g/mol. The Bertz CT molecular complexity index is 1990. The molecule has 0 saturated carbocycles. The molecule has 2 aliphatic heterocycles. The van der Waals surface area contributed by atoms with Gasteiger partial charge in [0, 0.05) is 67.2 Å². The zero-order chi connectivity index (χ0) is 29.4. The highest BCUT2D eigenvalue weighted by Gasteiger charge is 2.45. The number of hydrogen-bond acceptors (Lipinski definition) is 7. The first-order valence-electron chi connectivity index (χ1n) is 13.6. The van der Waals surface area contributed by atoms with Crippen LogP contribution in [0.1, 0.15) is 10.4 Å². The summed E-state index contributed by atoms with van der Waals surface area (Å²) in [5, 5.41) is 12.9. The van der Waals surface area contributed by atoms with Crippen LogP contribution in [0.3, 0.4) is 0 Å². The van der Waals surface area contributed by atoms with Crippen LogP contribution < -0.4 is 15.8 Å². The summed E-state index contributed by atoms with van der Waals surface area (Å²) in [5.41, 5.74) is 2.45. The van der Waals surface area contributed by atoms with Crippen molar-refractivity contribution in [2.45, 2.75) is 12.1 Å². The fourth-order valence-electron chi connectivity index (χ4n) is 6.60. The number of ether oxygens (including phenoxy) is 1. The zero-order valence-electron chi connectivity index (χ0n) is 23.1. The molecule has 0 bridgehead atoms. The maximum absolute atomic E-state index is 15.7. The van der Waals surface area contributed by atoms with Crippen molar-refractivity contribution in [2.75, 3.05) is 51.1 Å². The molecule has 3 atom stereocenters. The van der Waals surface area contributed by atoms with E-state index in [1.54, 1.807) is 31.6 Å². The van der Waals surface area contributed by atoms with Crippen molar-refractivity contribution in [3.63, 3.8) is 0 Å². The molecule has 10 nitrogen and oxygen atoms in total. The predicted octanol–water partition coefficient (Wildman–Crippen LogP) is 3.78. The minimum absolute atomic E-state index is 0.0505. The van der Waals surface area contributed by atoms with Gasteiger partial charge in [-0.25, -0.2) is 18.6 Å². The molecular formula is C30H28F2N6O4. The van der Waals surface area contributed by atoms with Crippen molar-refractivity contribution in [1.29, 1.82) is 0 Å². The van der Waals surface area contributed by atoms with Crippen LogP contribution in [0.5, 0.6) is 0 Å². The minimum atomic E-state index is -1.32. The molecule has 7 rings (SSSR count). The molecule has 2 aliphatic rings. The number of aromatic nitrogens is 3. The van der Waals surface area contributed by atoms with Gasteiger partial charge in [0.2, 0.25) is 0 Å². The molecule has 2 saturated heterocycles. The van der Waals surface area contributed by atoms with E-state index in [0.29, 0.717) is 64.3 Å². The van der Waals surface area contributed by atoms with Gasteiger partial charge in [-0.1, -0.05) is 6.07 Å². The van der Waals surface area contributed by atoms with Crippen LogP contribution in [0.25, 0.3) is 38.6 Å². The number of carbonyl (C=O) groups is 1. The number of halogens is 2. The monoisotopic (exact) mass is 574 g/mol. The van der Waals surface area contributed by atoms with Crippen molar-refractivity contribution >= 4 is 44.8 Å². The highest BCUT2D eigenvalue weighted by atomic mass is 19.2. The molecule has 2 fully saturated rings. The van der Waals surface area contributed by atoms with E-state index in [9.17, 15) is 19.1 Å². The fraction of sp³-hybridized carbons (Fsp3) is 0.300. The maximum atomic E-state index is 15.7. The Morgan fingerprint density at radius 1 is 1.19 bits per heavy atom. The molecule has 4 aromatic heterocycles. The van der Waals surface area contributed by atoms with Gasteiger partial charge in [-0.15, -0.1) is 0 Å². The van der Waals surface area contributed by atoms with Gasteiger partial charge in [0.1, 0.15) is 11.2 Å². The number of pyridine rings is 3. The largest absolute Gasteiger partial charge is 0.477 e. The number of aromatic carboxylic acids is 1. The van der Waals surface area contributed by atoms with E-state index in [-0.39, 0.29) is 29.0 Å². The third-order valence-electron chi connectivity index (χ3n) is 8.69. The molecule has 216 valence electrons. The Labute approximate surface area is 238 Å². The zero-order valence-corrected chi connectivity index (χ0v) is 23.1. The minimum Gasteiger partial charge on any atom is -0.477 e. The second-order valence-corrected chi connectivity index (χ2v) is 11.1. The van der Waals surface area contributed by atoms with Crippen LogP contribution in [0.2, 0.25) is 0 Å².